The van der Waals surface area contributed by atoms with Gasteiger partial charge in [-0.3, -0.25) is 0 Å². The van der Waals surface area contributed by atoms with Crippen LogP contribution >= 0.6 is 0 Å². The maximum atomic E-state index is 11.7. The van der Waals surface area contributed by atoms with E-state index in [2.05, 4.69) is 41.1 Å². The highest BCUT2D eigenvalue weighted by Crippen LogP contribution is 2.53. The predicted octanol–water partition coefficient (Wildman–Crippen LogP) is 2.91. The Labute approximate surface area is 144 Å². The highest BCUT2D eigenvalue weighted by Gasteiger charge is 2.50. The van der Waals surface area contributed by atoms with Crippen molar-refractivity contribution in [3.8, 4) is 0 Å². The molecule has 1 N–H and O–H groups in total. The SMILES string of the molecule is CC(C)NC(=O)OCC1C2CCc3nnn(C(C)(C)C)c3CCC21. The van der Waals surface area contributed by atoms with Crippen molar-refractivity contribution in [2.24, 2.45) is 17.8 Å². The van der Waals surface area contributed by atoms with E-state index in [4.69, 9.17) is 4.74 Å². The van der Waals surface area contributed by atoms with Crippen molar-refractivity contribution < 1.29 is 9.53 Å². The minimum Gasteiger partial charge on any atom is -0.449 e. The molecule has 0 saturated heterocycles. The van der Waals surface area contributed by atoms with Gasteiger partial charge in [0.05, 0.1) is 23.5 Å². The lowest BCUT2D eigenvalue weighted by Gasteiger charge is -2.22. The molecule has 24 heavy (non-hydrogen) atoms. The van der Waals surface area contributed by atoms with Gasteiger partial charge in [0.25, 0.3) is 0 Å². The second kappa shape index (κ2) is 6.37. The number of alkyl carbamates (subject to hydrolysis) is 1. The summed E-state index contributed by atoms with van der Waals surface area (Å²) in [5, 5.41) is 11.6. The normalized spacial score (nSPS) is 26.2. The van der Waals surface area contributed by atoms with Gasteiger partial charge in [-0.15, -0.1) is 5.10 Å². The molecule has 0 bridgehead atoms. The quantitative estimate of drug-likeness (QED) is 0.923. The van der Waals surface area contributed by atoms with E-state index >= 15 is 0 Å². The van der Waals surface area contributed by atoms with Crippen LogP contribution in [0.1, 0.15) is 58.8 Å². The third kappa shape index (κ3) is 3.57. The van der Waals surface area contributed by atoms with E-state index in [0.717, 1.165) is 31.4 Å². The van der Waals surface area contributed by atoms with Crippen LogP contribution in [0.25, 0.3) is 0 Å². The fourth-order valence-electron chi connectivity index (χ4n) is 4.00. The number of amides is 1. The minimum absolute atomic E-state index is 0.0276. The highest BCUT2D eigenvalue weighted by molar-refractivity contribution is 5.67. The van der Waals surface area contributed by atoms with Crippen LogP contribution in [0.3, 0.4) is 0 Å². The molecule has 2 aliphatic carbocycles. The monoisotopic (exact) mass is 334 g/mol. The van der Waals surface area contributed by atoms with Crippen molar-refractivity contribution in [3.63, 3.8) is 0 Å². The summed E-state index contributed by atoms with van der Waals surface area (Å²) in [4.78, 5) is 11.7. The molecule has 2 aliphatic rings. The number of nitrogens with zero attached hydrogens (tertiary/aromatic N) is 3. The summed E-state index contributed by atoms with van der Waals surface area (Å²) in [6, 6.07) is 0.117. The molecule has 0 spiro atoms. The van der Waals surface area contributed by atoms with Crippen molar-refractivity contribution in [1.82, 2.24) is 20.3 Å². The molecule has 0 radical (unpaired) electrons. The number of ether oxygens (including phenoxy) is 1. The zero-order valence-electron chi connectivity index (χ0n) is 15.5. The molecule has 0 aromatic carbocycles. The van der Waals surface area contributed by atoms with Gasteiger partial charge >= 0.3 is 6.09 Å². The molecule has 1 fully saturated rings. The van der Waals surface area contributed by atoms with E-state index in [-0.39, 0.29) is 17.7 Å². The van der Waals surface area contributed by atoms with Crippen molar-refractivity contribution in [2.45, 2.75) is 71.9 Å². The summed E-state index contributed by atoms with van der Waals surface area (Å²) in [5.74, 6) is 1.86. The smallest absolute Gasteiger partial charge is 0.407 e. The Kier molecular flexibility index (Phi) is 4.58. The molecule has 6 heteroatoms. The predicted molar refractivity (Wildman–Crippen MR) is 91.7 cm³/mol. The summed E-state index contributed by atoms with van der Waals surface area (Å²) in [7, 11) is 0. The number of rotatable bonds is 3. The van der Waals surface area contributed by atoms with E-state index in [1.165, 1.54) is 5.69 Å². The third-order valence-corrected chi connectivity index (χ3v) is 5.23. The molecule has 3 unspecified atom stereocenters. The number of carbonyl (C=O) groups excluding carboxylic acids is 1. The molecule has 1 aromatic heterocycles. The Balaban J connectivity index is 1.58. The van der Waals surface area contributed by atoms with Crippen LogP contribution in [0, 0.1) is 17.8 Å². The zero-order valence-corrected chi connectivity index (χ0v) is 15.5. The van der Waals surface area contributed by atoms with Gasteiger partial charge in [-0.2, -0.15) is 0 Å². The fourth-order valence-corrected chi connectivity index (χ4v) is 4.00. The van der Waals surface area contributed by atoms with Crippen LogP contribution in [-0.4, -0.2) is 33.7 Å². The average Bonchev–Trinajstić information content (AvgIpc) is 2.91. The number of carbonyl (C=O) groups is 1. The van der Waals surface area contributed by atoms with Crippen molar-refractivity contribution >= 4 is 6.09 Å². The second-order valence-corrected chi connectivity index (χ2v) is 8.53. The summed E-state index contributed by atoms with van der Waals surface area (Å²) in [6.45, 7) is 10.9. The third-order valence-electron chi connectivity index (χ3n) is 5.23. The average molecular weight is 334 g/mol. The van der Waals surface area contributed by atoms with Crippen molar-refractivity contribution in [2.75, 3.05) is 6.61 Å². The Morgan fingerprint density at radius 3 is 2.58 bits per heavy atom. The molecule has 3 atom stereocenters. The Morgan fingerprint density at radius 1 is 1.29 bits per heavy atom. The van der Waals surface area contributed by atoms with E-state index in [0.29, 0.717) is 24.4 Å². The summed E-state index contributed by atoms with van der Waals surface area (Å²) in [5.41, 5.74) is 2.43. The number of hydrogen-bond acceptors (Lipinski definition) is 4. The molecule has 1 saturated carbocycles. The van der Waals surface area contributed by atoms with Crippen LogP contribution in [-0.2, 0) is 23.1 Å². The van der Waals surface area contributed by atoms with E-state index in [1.807, 2.05) is 13.8 Å². The van der Waals surface area contributed by atoms with E-state index in [9.17, 15) is 4.79 Å². The Bertz CT molecular complexity index is 603. The standard InChI is InChI=1S/C18H30N4O2/c1-11(2)19-17(23)24-10-14-12-6-8-15-16(9-7-13(12)14)22(21-20-15)18(3,4)5/h11-14H,6-10H2,1-5H3,(H,19,23). The lowest BCUT2D eigenvalue weighted by atomic mass is 10.00. The molecular formula is C18H30N4O2. The molecule has 6 nitrogen and oxygen atoms in total. The summed E-state index contributed by atoms with van der Waals surface area (Å²) in [6.07, 6.45) is 3.98. The van der Waals surface area contributed by atoms with Crippen LogP contribution in [0.5, 0.6) is 0 Å². The molecular weight excluding hydrogens is 304 g/mol. The molecule has 1 aromatic rings. The number of nitrogens with one attached hydrogen (secondary N) is 1. The van der Waals surface area contributed by atoms with Gasteiger partial charge in [0, 0.05) is 6.04 Å². The fraction of sp³-hybridized carbons (Fsp3) is 0.833. The first-order valence-electron chi connectivity index (χ1n) is 9.14. The van der Waals surface area contributed by atoms with Gasteiger partial charge < -0.3 is 10.1 Å². The topological polar surface area (TPSA) is 69.0 Å². The summed E-state index contributed by atoms with van der Waals surface area (Å²) < 4.78 is 7.49. The first kappa shape index (κ1) is 17.2. The number of hydrogen-bond donors (Lipinski definition) is 1. The summed E-state index contributed by atoms with van der Waals surface area (Å²) >= 11 is 0. The van der Waals surface area contributed by atoms with Gasteiger partial charge in [-0.1, -0.05) is 5.21 Å². The van der Waals surface area contributed by atoms with Crippen molar-refractivity contribution in [3.05, 3.63) is 11.4 Å². The van der Waals surface area contributed by atoms with E-state index < -0.39 is 0 Å². The zero-order chi connectivity index (χ0) is 17.5. The first-order valence-corrected chi connectivity index (χ1v) is 9.14. The molecule has 3 rings (SSSR count). The lowest BCUT2D eigenvalue weighted by molar-refractivity contribution is 0.135. The lowest BCUT2D eigenvalue weighted by Crippen LogP contribution is -2.31. The van der Waals surface area contributed by atoms with Crippen LogP contribution < -0.4 is 5.32 Å². The molecule has 0 aliphatic heterocycles. The van der Waals surface area contributed by atoms with Crippen molar-refractivity contribution in [1.29, 1.82) is 0 Å². The van der Waals surface area contributed by atoms with E-state index in [1.54, 1.807) is 0 Å². The molecule has 1 amide bonds. The number of aromatic nitrogens is 3. The van der Waals surface area contributed by atoms with Gasteiger partial charge in [-0.05, 0) is 78.1 Å². The molecule has 1 heterocycles. The van der Waals surface area contributed by atoms with Crippen LogP contribution in [0.15, 0.2) is 0 Å². The number of fused-ring (bicyclic) bond motifs is 2. The van der Waals surface area contributed by atoms with Gasteiger partial charge in [0.2, 0.25) is 0 Å². The largest absolute Gasteiger partial charge is 0.449 e. The maximum Gasteiger partial charge on any atom is 0.407 e. The molecule has 134 valence electrons. The number of aryl methyl sites for hydroxylation is 1. The Morgan fingerprint density at radius 2 is 1.96 bits per heavy atom. The van der Waals surface area contributed by atoms with Gasteiger partial charge in [0.1, 0.15) is 0 Å². The first-order chi connectivity index (χ1) is 11.3. The minimum atomic E-state index is -0.294. The Hall–Kier alpha value is -1.59. The van der Waals surface area contributed by atoms with Crippen LogP contribution in [0.2, 0.25) is 0 Å². The second-order valence-electron chi connectivity index (χ2n) is 8.53. The maximum absolute atomic E-state index is 11.7. The van der Waals surface area contributed by atoms with Gasteiger partial charge in [0.15, 0.2) is 0 Å². The van der Waals surface area contributed by atoms with Crippen LogP contribution in [0.4, 0.5) is 4.79 Å². The van der Waals surface area contributed by atoms with Gasteiger partial charge in [-0.25, -0.2) is 9.48 Å². The highest BCUT2D eigenvalue weighted by atomic mass is 16.5.